The largest absolute Gasteiger partial charge is 0.493 e. The second kappa shape index (κ2) is 8.25. The highest BCUT2D eigenvalue weighted by Crippen LogP contribution is 2.38. The van der Waals surface area contributed by atoms with Crippen LogP contribution in [0.1, 0.15) is 56.4 Å². The van der Waals surface area contributed by atoms with E-state index < -0.39 is 0 Å². The third-order valence-corrected chi connectivity index (χ3v) is 4.22. The lowest BCUT2D eigenvalue weighted by Crippen LogP contribution is -2.30. The van der Waals surface area contributed by atoms with Crippen LogP contribution in [-0.2, 0) is 4.79 Å². The van der Waals surface area contributed by atoms with E-state index in [9.17, 15) is 4.79 Å². The minimum Gasteiger partial charge on any atom is -0.493 e. The zero-order valence-electron chi connectivity index (χ0n) is 12.2. The zero-order chi connectivity index (χ0) is 15.1. The van der Waals surface area contributed by atoms with Gasteiger partial charge in [0.25, 0.3) is 0 Å². The number of carbonyl (C=O) groups is 1. The van der Waals surface area contributed by atoms with Gasteiger partial charge in [-0.05, 0) is 48.9 Å². The minimum absolute atomic E-state index is 0.165. The van der Waals surface area contributed by atoms with E-state index in [1.807, 2.05) is 18.2 Å². The predicted octanol–water partition coefficient (Wildman–Crippen LogP) is 3.54. The van der Waals surface area contributed by atoms with E-state index in [1.54, 1.807) is 0 Å². The van der Waals surface area contributed by atoms with E-state index in [2.05, 4.69) is 5.43 Å². The second-order valence-corrected chi connectivity index (χ2v) is 5.97. The van der Waals surface area contributed by atoms with Gasteiger partial charge in [-0.15, -0.1) is 0 Å². The average molecular weight is 311 g/mol. The van der Waals surface area contributed by atoms with Gasteiger partial charge < -0.3 is 4.74 Å². The van der Waals surface area contributed by atoms with E-state index in [-0.39, 0.29) is 5.91 Å². The third-order valence-electron chi connectivity index (χ3n) is 3.98. The summed E-state index contributed by atoms with van der Waals surface area (Å²) in [6.45, 7) is 0.509. The van der Waals surface area contributed by atoms with E-state index in [0.717, 1.165) is 10.8 Å². The van der Waals surface area contributed by atoms with Gasteiger partial charge in [-0.3, -0.25) is 10.2 Å². The van der Waals surface area contributed by atoms with Crippen LogP contribution in [-0.4, -0.2) is 12.5 Å². The Morgan fingerprint density at radius 3 is 2.81 bits per heavy atom. The van der Waals surface area contributed by atoms with E-state index in [4.69, 9.17) is 22.2 Å². The number of nitrogens with one attached hydrogen (secondary N) is 1. The number of amides is 1. The van der Waals surface area contributed by atoms with Crippen molar-refractivity contribution < 1.29 is 9.53 Å². The van der Waals surface area contributed by atoms with Crippen LogP contribution in [0.3, 0.4) is 0 Å². The monoisotopic (exact) mass is 310 g/mol. The molecule has 0 bridgehead atoms. The van der Waals surface area contributed by atoms with Crippen LogP contribution in [0.25, 0.3) is 0 Å². The Morgan fingerprint density at radius 1 is 1.33 bits per heavy atom. The van der Waals surface area contributed by atoms with E-state index in [0.29, 0.717) is 25.4 Å². The van der Waals surface area contributed by atoms with Gasteiger partial charge >= 0.3 is 0 Å². The first-order valence-electron chi connectivity index (χ1n) is 7.62. The van der Waals surface area contributed by atoms with Crippen molar-refractivity contribution in [1.82, 2.24) is 5.43 Å². The molecule has 0 heterocycles. The summed E-state index contributed by atoms with van der Waals surface area (Å²) in [7, 11) is 0. The molecule has 1 aliphatic rings. The standard InChI is InChI=1S/C16H23ClN2O2/c17-13-8-9-15(21-10-4-7-16(20)19-18)14(11-13)12-5-2-1-3-6-12/h8-9,11-12H,1-7,10,18H2,(H,19,20). The Bertz CT molecular complexity index is 473. The van der Waals surface area contributed by atoms with Crippen LogP contribution in [0.2, 0.25) is 5.02 Å². The van der Waals surface area contributed by atoms with Crippen molar-refractivity contribution in [2.75, 3.05) is 6.61 Å². The summed E-state index contributed by atoms with van der Waals surface area (Å²) < 4.78 is 5.86. The molecule has 0 aromatic heterocycles. The van der Waals surface area contributed by atoms with E-state index >= 15 is 0 Å². The molecule has 1 fully saturated rings. The van der Waals surface area contributed by atoms with Gasteiger partial charge in [0.2, 0.25) is 5.91 Å². The molecule has 1 aromatic carbocycles. The maximum Gasteiger partial charge on any atom is 0.234 e. The van der Waals surface area contributed by atoms with Crippen LogP contribution in [0.4, 0.5) is 0 Å². The molecule has 2 rings (SSSR count). The van der Waals surface area contributed by atoms with Crippen LogP contribution < -0.4 is 16.0 Å². The molecule has 0 atom stereocenters. The summed E-state index contributed by atoms with van der Waals surface area (Å²) in [5, 5.41) is 0.755. The van der Waals surface area contributed by atoms with E-state index in [1.165, 1.54) is 37.7 Å². The summed E-state index contributed by atoms with van der Waals surface area (Å²) in [6, 6.07) is 5.82. The number of hydrazine groups is 1. The molecule has 1 amide bonds. The molecule has 0 spiro atoms. The molecular formula is C16H23ClN2O2. The van der Waals surface area contributed by atoms with Crippen molar-refractivity contribution in [2.24, 2.45) is 5.84 Å². The van der Waals surface area contributed by atoms with Crippen LogP contribution in [0.15, 0.2) is 18.2 Å². The first-order valence-corrected chi connectivity index (χ1v) is 8.00. The van der Waals surface area contributed by atoms with Gasteiger partial charge in [-0.1, -0.05) is 30.9 Å². The van der Waals surface area contributed by atoms with Crippen molar-refractivity contribution in [3.63, 3.8) is 0 Å². The Balaban J connectivity index is 1.96. The molecule has 21 heavy (non-hydrogen) atoms. The lowest BCUT2D eigenvalue weighted by molar-refractivity contribution is -0.121. The van der Waals surface area contributed by atoms with Gasteiger partial charge in [0.05, 0.1) is 6.61 Å². The lowest BCUT2D eigenvalue weighted by atomic mass is 9.84. The Labute approximate surface area is 131 Å². The number of hydrogen-bond donors (Lipinski definition) is 2. The summed E-state index contributed by atoms with van der Waals surface area (Å²) in [6.07, 6.45) is 7.29. The van der Waals surface area contributed by atoms with Crippen LogP contribution in [0, 0.1) is 0 Å². The SMILES string of the molecule is NNC(=O)CCCOc1ccc(Cl)cc1C1CCCCC1. The van der Waals surface area contributed by atoms with Crippen molar-refractivity contribution >= 4 is 17.5 Å². The number of halogens is 1. The number of benzene rings is 1. The molecule has 116 valence electrons. The maximum absolute atomic E-state index is 11.1. The number of rotatable bonds is 6. The zero-order valence-corrected chi connectivity index (χ0v) is 13.0. The topological polar surface area (TPSA) is 64.3 Å². The molecule has 0 unspecified atom stereocenters. The second-order valence-electron chi connectivity index (χ2n) is 5.54. The molecule has 1 aliphatic carbocycles. The van der Waals surface area contributed by atoms with Gasteiger partial charge in [-0.25, -0.2) is 5.84 Å². The molecule has 1 saturated carbocycles. The number of hydrogen-bond acceptors (Lipinski definition) is 3. The quantitative estimate of drug-likeness (QED) is 0.365. The van der Waals surface area contributed by atoms with Crippen molar-refractivity contribution in [2.45, 2.75) is 50.9 Å². The fourth-order valence-electron chi connectivity index (χ4n) is 2.87. The molecule has 0 radical (unpaired) electrons. The Hall–Kier alpha value is -1.26. The smallest absolute Gasteiger partial charge is 0.234 e. The van der Waals surface area contributed by atoms with Crippen molar-refractivity contribution in [3.05, 3.63) is 28.8 Å². The molecule has 0 saturated heterocycles. The average Bonchev–Trinajstić information content (AvgIpc) is 2.53. The highest BCUT2D eigenvalue weighted by molar-refractivity contribution is 6.30. The molecule has 5 heteroatoms. The van der Waals surface area contributed by atoms with Gasteiger partial charge in [0.1, 0.15) is 5.75 Å². The Morgan fingerprint density at radius 2 is 2.10 bits per heavy atom. The van der Waals surface area contributed by atoms with Gasteiger partial charge in [-0.2, -0.15) is 0 Å². The molecule has 1 aromatic rings. The molecule has 3 N–H and O–H groups in total. The van der Waals surface area contributed by atoms with Crippen molar-refractivity contribution in [1.29, 1.82) is 0 Å². The lowest BCUT2D eigenvalue weighted by Gasteiger charge is -2.24. The number of ether oxygens (including phenoxy) is 1. The fraction of sp³-hybridized carbons (Fsp3) is 0.562. The van der Waals surface area contributed by atoms with Gasteiger partial charge in [0.15, 0.2) is 0 Å². The van der Waals surface area contributed by atoms with Crippen LogP contribution >= 0.6 is 11.6 Å². The summed E-state index contributed by atoms with van der Waals surface area (Å²) >= 11 is 6.14. The highest BCUT2D eigenvalue weighted by Gasteiger charge is 2.19. The summed E-state index contributed by atoms with van der Waals surface area (Å²) in [4.78, 5) is 11.1. The highest BCUT2D eigenvalue weighted by atomic mass is 35.5. The predicted molar refractivity (Wildman–Crippen MR) is 84.3 cm³/mol. The van der Waals surface area contributed by atoms with Crippen LogP contribution in [0.5, 0.6) is 5.75 Å². The normalized spacial score (nSPS) is 15.7. The molecule has 4 nitrogen and oxygen atoms in total. The maximum atomic E-state index is 11.1. The number of nitrogens with two attached hydrogens (primary N) is 1. The minimum atomic E-state index is -0.165. The summed E-state index contributed by atoms with van der Waals surface area (Å²) in [5.74, 6) is 6.33. The summed E-state index contributed by atoms with van der Waals surface area (Å²) in [5.41, 5.74) is 3.34. The van der Waals surface area contributed by atoms with Crippen molar-refractivity contribution in [3.8, 4) is 5.75 Å². The first-order chi connectivity index (χ1) is 10.2. The molecule has 0 aliphatic heterocycles. The third kappa shape index (κ3) is 4.90. The Kier molecular flexibility index (Phi) is 6.33. The molecular weight excluding hydrogens is 288 g/mol. The van der Waals surface area contributed by atoms with Gasteiger partial charge in [0, 0.05) is 11.4 Å². The first kappa shape index (κ1) is 16.1. The number of carbonyl (C=O) groups excluding carboxylic acids is 1. The fourth-order valence-corrected chi connectivity index (χ4v) is 3.05.